The zero-order valence-corrected chi connectivity index (χ0v) is 20.3. The summed E-state index contributed by atoms with van der Waals surface area (Å²) < 4.78 is 17.8. The smallest absolute Gasteiger partial charge is 0.141 e. The Hall–Kier alpha value is -3.63. The van der Waals surface area contributed by atoms with Crippen LogP contribution in [-0.2, 0) is 7.05 Å². The average Bonchev–Trinajstić information content (AvgIpc) is 3.49. The molecule has 0 saturated carbocycles. The minimum Gasteiger partial charge on any atom is -0.379 e. The van der Waals surface area contributed by atoms with E-state index in [0.29, 0.717) is 12.4 Å². The first-order valence-electron chi connectivity index (χ1n) is 11.5. The van der Waals surface area contributed by atoms with Gasteiger partial charge in [-0.2, -0.15) is 5.10 Å². The molecule has 0 spiro atoms. The van der Waals surface area contributed by atoms with Crippen molar-refractivity contribution in [2.45, 2.75) is 18.6 Å². The number of thiazole rings is 1. The van der Waals surface area contributed by atoms with Crippen LogP contribution in [0.2, 0.25) is 0 Å². The molecule has 10 heteroatoms. The van der Waals surface area contributed by atoms with Gasteiger partial charge in [-0.15, -0.1) is 11.3 Å². The molecule has 3 aromatic heterocycles. The third-order valence-corrected chi connectivity index (χ3v) is 7.24. The van der Waals surface area contributed by atoms with Gasteiger partial charge < -0.3 is 15.5 Å². The van der Waals surface area contributed by atoms with Crippen LogP contribution in [0.15, 0.2) is 54.4 Å². The van der Waals surface area contributed by atoms with Crippen LogP contribution in [0.1, 0.15) is 6.42 Å². The Bertz CT molecular complexity index is 1510. The SMILES string of the molecule is CN1CC[C@@H](Nc2cc3c(Nc4ccc5ncsc5c4)ncnc3cc2-c2ccn(C)n2)[C@@H](F)C1. The molecule has 2 N–H and O–H groups in total. The van der Waals surface area contributed by atoms with E-state index in [1.807, 2.05) is 61.0 Å². The third kappa shape index (κ3) is 4.30. The fraction of sp³-hybridized carbons (Fsp3) is 0.280. The summed E-state index contributed by atoms with van der Waals surface area (Å²) in [4.78, 5) is 15.4. The molecule has 5 aromatic rings. The molecule has 0 radical (unpaired) electrons. The summed E-state index contributed by atoms with van der Waals surface area (Å²) in [5.74, 6) is 0.690. The molecule has 2 aromatic carbocycles. The van der Waals surface area contributed by atoms with Gasteiger partial charge in [-0.1, -0.05) is 0 Å². The lowest BCUT2D eigenvalue weighted by molar-refractivity contribution is 0.149. The third-order valence-electron chi connectivity index (χ3n) is 6.44. The maximum absolute atomic E-state index is 14.9. The fourth-order valence-corrected chi connectivity index (χ4v) is 5.30. The summed E-state index contributed by atoms with van der Waals surface area (Å²) in [6.45, 7) is 1.26. The number of nitrogens with one attached hydrogen (secondary N) is 2. The van der Waals surface area contributed by atoms with Gasteiger partial charge in [0.05, 0.1) is 33.0 Å². The maximum Gasteiger partial charge on any atom is 0.141 e. The molecule has 0 amide bonds. The zero-order chi connectivity index (χ0) is 23.9. The molecule has 1 aliphatic rings. The summed E-state index contributed by atoms with van der Waals surface area (Å²) in [7, 11) is 3.84. The number of fused-ring (bicyclic) bond motifs is 2. The Morgan fingerprint density at radius 2 is 1.97 bits per heavy atom. The van der Waals surface area contributed by atoms with E-state index in [1.54, 1.807) is 22.3 Å². The summed E-state index contributed by atoms with van der Waals surface area (Å²) in [5.41, 5.74) is 7.04. The van der Waals surface area contributed by atoms with Gasteiger partial charge in [0.15, 0.2) is 0 Å². The Balaban J connectivity index is 1.42. The number of alkyl halides is 1. The van der Waals surface area contributed by atoms with E-state index in [9.17, 15) is 4.39 Å². The molecule has 1 fully saturated rings. The molecule has 35 heavy (non-hydrogen) atoms. The molecule has 4 heterocycles. The van der Waals surface area contributed by atoms with Crippen LogP contribution >= 0.6 is 11.3 Å². The highest BCUT2D eigenvalue weighted by molar-refractivity contribution is 7.16. The molecule has 178 valence electrons. The largest absolute Gasteiger partial charge is 0.379 e. The van der Waals surface area contributed by atoms with Crippen LogP contribution in [0.4, 0.5) is 21.6 Å². The van der Waals surface area contributed by atoms with Crippen molar-refractivity contribution in [3.8, 4) is 11.3 Å². The van der Waals surface area contributed by atoms with Crippen molar-refractivity contribution in [1.29, 1.82) is 0 Å². The second-order valence-corrected chi connectivity index (χ2v) is 9.88. The standard InChI is InChI=1S/C25H25FN8S/c1-33-7-5-20(18(26)12-33)31-23-11-17-22(10-16(23)19-6-8-34(2)32-19)27-13-28-25(17)30-15-3-4-21-24(9-15)35-14-29-21/h3-4,6,8-11,13-14,18,20,31H,5,7,12H2,1-2H3,(H,27,28,30)/t18-,20+/m0/s1. The number of hydrogen-bond donors (Lipinski definition) is 2. The number of likely N-dealkylation sites (tertiary alicyclic amines) is 1. The summed E-state index contributed by atoms with van der Waals surface area (Å²) in [6, 6.07) is 11.7. The molecule has 8 nitrogen and oxygen atoms in total. The van der Waals surface area contributed by atoms with Crippen LogP contribution < -0.4 is 10.6 Å². The number of piperidine rings is 1. The fourth-order valence-electron chi connectivity index (χ4n) is 4.58. The lowest BCUT2D eigenvalue weighted by Gasteiger charge is -2.33. The molecule has 6 rings (SSSR count). The number of rotatable bonds is 5. The van der Waals surface area contributed by atoms with Crippen LogP contribution in [0.25, 0.3) is 32.4 Å². The second kappa shape index (κ2) is 8.86. The minimum atomic E-state index is -0.961. The maximum atomic E-state index is 14.9. The number of halogens is 1. The van der Waals surface area contributed by atoms with Gasteiger partial charge in [-0.3, -0.25) is 4.68 Å². The highest BCUT2D eigenvalue weighted by Gasteiger charge is 2.28. The Kier molecular flexibility index (Phi) is 5.54. The normalized spacial score (nSPS) is 18.8. The molecular weight excluding hydrogens is 463 g/mol. The van der Waals surface area contributed by atoms with Crippen molar-refractivity contribution in [3.63, 3.8) is 0 Å². The van der Waals surface area contributed by atoms with Gasteiger partial charge in [-0.05, 0) is 49.9 Å². The van der Waals surface area contributed by atoms with Gasteiger partial charge in [0.2, 0.25) is 0 Å². The van der Waals surface area contributed by atoms with Crippen molar-refractivity contribution in [3.05, 3.63) is 54.4 Å². The van der Waals surface area contributed by atoms with Crippen molar-refractivity contribution in [2.75, 3.05) is 30.8 Å². The van der Waals surface area contributed by atoms with E-state index in [1.165, 1.54) is 0 Å². The van der Waals surface area contributed by atoms with E-state index in [4.69, 9.17) is 0 Å². The van der Waals surface area contributed by atoms with Gasteiger partial charge in [0.25, 0.3) is 0 Å². The second-order valence-electron chi connectivity index (χ2n) is 8.99. The van der Waals surface area contributed by atoms with Gasteiger partial charge in [0.1, 0.15) is 18.3 Å². The van der Waals surface area contributed by atoms with E-state index in [-0.39, 0.29) is 6.04 Å². The monoisotopic (exact) mass is 488 g/mol. The molecule has 1 saturated heterocycles. The molecular formula is C25H25FN8S. The van der Waals surface area contributed by atoms with Gasteiger partial charge >= 0.3 is 0 Å². The van der Waals surface area contributed by atoms with E-state index in [0.717, 1.165) is 56.7 Å². The molecule has 2 atom stereocenters. The van der Waals surface area contributed by atoms with Gasteiger partial charge in [0, 0.05) is 48.7 Å². The number of hydrogen-bond acceptors (Lipinski definition) is 8. The molecule has 0 aliphatic carbocycles. The Labute approximate surface area is 205 Å². The molecule has 0 bridgehead atoms. The van der Waals surface area contributed by atoms with Gasteiger partial charge in [-0.25, -0.2) is 19.3 Å². The highest BCUT2D eigenvalue weighted by Crippen LogP contribution is 2.35. The lowest BCUT2D eigenvalue weighted by atomic mass is 10.0. The van der Waals surface area contributed by atoms with E-state index < -0.39 is 6.17 Å². The molecule has 1 aliphatic heterocycles. The topological polar surface area (TPSA) is 83.8 Å². The predicted molar refractivity (Wildman–Crippen MR) is 139 cm³/mol. The first-order valence-corrected chi connectivity index (χ1v) is 12.4. The lowest BCUT2D eigenvalue weighted by Crippen LogP contribution is -2.46. The Morgan fingerprint density at radius 3 is 2.80 bits per heavy atom. The first kappa shape index (κ1) is 21.9. The number of aryl methyl sites for hydroxylation is 1. The zero-order valence-electron chi connectivity index (χ0n) is 19.4. The first-order chi connectivity index (χ1) is 17.0. The number of benzene rings is 2. The van der Waals surface area contributed by atoms with Crippen molar-refractivity contribution < 1.29 is 4.39 Å². The van der Waals surface area contributed by atoms with Crippen molar-refractivity contribution >= 4 is 49.6 Å². The van der Waals surface area contributed by atoms with Crippen molar-refractivity contribution in [2.24, 2.45) is 7.05 Å². The minimum absolute atomic E-state index is 0.277. The number of anilines is 3. The van der Waals surface area contributed by atoms with Crippen LogP contribution in [0, 0.1) is 0 Å². The van der Waals surface area contributed by atoms with E-state index >= 15 is 0 Å². The molecule has 0 unspecified atom stereocenters. The average molecular weight is 489 g/mol. The van der Waals surface area contributed by atoms with Crippen LogP contribution in [0.3, 0.4) is 0 Å². The van der Waals surface area contributed by atoms with E-state index in [2.05, 4.69) is 36.8 Å². The summed E-state index contributed by atoms with van der Waals surface area (Å²) in [5, 5.41) is 12.4. The number of nitrogens with zero attached hydrogens (tertiary/aromatic N) is 6. The predicted octanol–water partition coefficient (Wildman–Crippen LogP) is 4.84. The highest BCUT2D eigenvalue weighted by atomic mass is 32.1. The van der Waals surface area contributed by atoms with Crippen LogP contribution in [0.5, 0.6) is 0 Å². The summed E-state index contributed by atoms with van der Waals surface area (Å²) in [6.07, 6.45) is 3.22. The van der Waals surface area contributed by atoms with Crippen LogP contribution in [-0.4, -0.2) is 62.0 Å². The summed E-state index contributed by atoms with van der Waals surface area (Å²) >= 11 is 1.60. The Morgan fingerprint density at radius 1 is 1.06 bits per heavy atom. The van der Waals surface area contributed by atoms with Crippen molar-refractivity contribution in [1.82, 2.24) is 29.6 Å². The quantitative estimate of drug-likeness (QED) is 0.366. The number of aromatic nitrogens is 5.